The zero-order valence-corrected chi connectivity index (χ0v) is 13.3. The van der Waals surface area contributed by atoms with E-state index in [1.807, 2.05) is 0 Å². The van der Waals surface area contributed by atoms with E-state index in [0.29, 0.717) is 0 Å². The quantitative estimate of drug-likeness (QED) is 0.439. The molecule has 15 heavy (non-hydrogen) atoms. The molecule has 98 valence electrons. The summed E-state index contributed by atoms with van der Waals surface area (Å²) in [5.74, 6) is 0. The predicted molar refractivity (Wildman–Crippen MR) is 68.7 cm³/mol. The van der Waals surface area contributed by atoms with Crippen molar-refractivity contribution in [1.29, 1.82) is 0 Å². The van der Waals surface area contributed by atoms with Crippen molar-refractivity contribution in [1.82, 2.24) is 0 Å². The molecule has 9 heteroatoms. The third kappa shape index (κ3) is 4.93. The van der Waals surface area contributed by atoms with Crippen LogP contribution in [0.15, 0.2) is 0 Å². The Morgan fingerprint density at radius 3 is 0.600 bits per heavy atom. The molecule has 0 saturated heterocycles. The fraction of sp³-hybridized carbons (Fsp3) is 1.00. The Labute approximate surface area is 135 Å². The van der Waals surface area contributed by atoms with Crippen LogP contribution in [0.5, 0.6) is 0 Å². The molecular formula is C6H9Cl7NiO. The van der Waals surface area contributed by atoms with Crippen molar-refractivity contribution in [2.75, 3.05) is 0 Å². The van der Waals surface area contributed by atoms with Gasteiger partial charge >= 0.3 is 0 Å². The molecule has 0 aromatic heterocycles. The SMILES string of the molecule is Cl.Cl[C@H]1[C@H](Cl)[C@@H](Cl)[C@@H](Cl)[C@H](Cl)[C@H]1Cl.O.[Ni]. The summed E-state index contributed by atoms with van der Waals surface area (Å²) in [6.07, 6.45) is 0. The van der Waals surface area contributed by atoms with Gasteiger partial charge in [-0.1, -0.05) is 0 Å². The summed E-state index contributed by atoms with van der Waals surface area (Å²) in [7, 11) is 0. The fourth-order valence-electron chi connectivity index (χ4n) is 1.05. The van der Waals surface area contributed by atoms with Crippen LogP contribution in [0.4, 0.5) is 0 Å². The second-order valence-corrected chi connectivity index (χ2v) is 5.69. The summed E-state index contributed by atoms with van der Waals surface area (Å²) >= 11 is 35.3. The summed E-state index contributed by atoms with van der Waals surface area (Å²) in [6.45, 7) is 0. The van der Waals surface area contributed by atoms with Crippen LogP contribution in [-0.2, 0) is 16.5 Å². The molecule has 0 aromatic carbocycles. The summed E-state index contributed by atoms with van der Waals surface area (Å²) < 4.78 is 0. The molecule has 0 radical (unpaired) electrons. The Hall–Kier alpha value is 2.48. The van der Waals surface area contributed by atoms with E-state index in [9.17, 15) is 0 Å². The van der Waals surface area contributed by atoms with Gasteiger partial charge in [-0.3, -0.25) is 0 Å². The van der Waals surface area contributed by atoms with Crippen LogP contribution in [0.2, 0.25) is 0 Å². The van der Waals surface area contributed by atoms with Gasteiger partial charge in [0.25, 0.3) is 0 Å². The van der Waals surface area contributed by atoms with Crippen molar-refractivity contribution in [2.24, 2.45) is 0 Å². The molecule has 1 aliphatic rings. The molecule has 0 heterocycles. The summed E-state index contributed by atoms with van der Waals surface area (Å²) in [4.78, 5) is 0. The van der Waals surface area contributed by atoms with Crippen molar-refractivity contribution in [3.8, 4) is 0 Å². The Bertz CT molecular complexity index is 115. The largest absolute Gasteiger partial charge is 0.412 e. The average Bonchev–Trinajstić information content (AvgIpc) is 2.08. The van der Waals surface area contributed by atoms with Gasteiger partial charge in [-0.2, -0.15) is 0 Å². The first-order valence-corrected chi connectivity index (χ1v) is 5.93. The Balaban J connectivity index is -0.000000480. The maximum atomic E-state index is 5.88. The van der Waals surface area contributed by atoms with Gasteiger partial charge in [-0.25, -0.2) is 0 Å². The fourth-order valence-corrected chi connectivity index (χ4v) is 3.38. The molecule has 1 rings (SSSR count). The molecule has 1 aliphatic carbocycles. The van der Waals surface area contributed by atoms with Gasteiger partial charge in [-0.05, 0) is 0 Å². The predicted octanol–water partition coefficient (Wildman–Crippen LogP) is 3.24. The summed E-state index contributed by atoms with van der Waals surface area (Å²) in [5.41, 5.74) is 0. The van der Waals surface area contributed by atoms with Crippen LogP contribution < -0.4 is 0 Å². The molecular weight excluding hydrogens is 395 g/mol. The number of hydrogen-bond donors (Lipinski definition) is 0. The minimum Gasteiger partial charge on any atom is -0.412 e. The smallest absolute Gasteiger partial charge is 0.0693 e. The maximum Gasteiger partial charge on any atom is 0.0693 e. The Kier molecular flexibility index (Phi) is 14.2. The first-order chi connectivity index (χ1) is 5.46. The second-order valence-electron chi connectivity index (χ2n) is 2.67. The molecule has 0 aromatic rings. The average molecular weight is 404 g/mol. The summed E-state index contributed by atoms with van der Waals surface area (Å²) in [5, 5.41) is -2.62. The van der Waals surface area contributed by atoms with Crippen LogP contribution in [0.25, 0.3) is 0 Å². The van der Waals surface area contributed by atoms with Crippen LogP contribution in [0, 0.1) is 0 Å². The second kappa shape index (κ2) is 9.42. The first kappa shape index (κ1) is 22.6. The molecule has 2 N–H and O–H groups in total. The number of rotatable bonds is 0. The molecule has 0 bridgehead atoms. The molecule has 0 unspecified atom stereocenters. The van der Waals surface area contributed by atoms with E-state index in [2.05, 4.69) is 0 Å². The maximum absolute atomic E-state index is 5.88. The topological polar surface area (TPSA) is 31.5 Å². The zero-order valence-electron chi connectivity index (χ0n) is 6.96. The van der Waals surface area contributed by atoms with Crippen molar-refractivity contribution >= 4 is 82.0 Å². The number of halogens is 7. The minimum absolute atomic E-state index is 0. The van der Waals surface area contributed by atoms with Gasteiger partial charge in [-0.15, -0.1) is 82.0 Å². The van der Waals surface area contributed by atoms with Gasteiger partial charge in [0.2, 0.25) is 0 Å². The van der Waals surface area contributed by atoms with Crippen LogP contribution in [0.3, 0.4) is 0 Å². The molecule has 1 saturated carbocycles. The van der Waals surface area contributed by atoms with Gasteiger partial charge in [0.05, 0.1) is 32.3 Å². The van der Waals surface area contributed by atoms with Crippen LogP contribution >= 0.6 is 82.0 Å². The van der Waals surface area contributed by atoms with E-state index >= 15 is 0 Å². The molecule has 0 amide bonds. The number of hydrogen-bond acceptors (Lipinski definition) is 0. The Morgan fingerprint density at radius 1 is 0.467 bits per heavy atom. The van der Waals surface area contributed by atoms with E-state index in [1.54, 1.807) is 0 Å². The van der Waals surface area contributed by atoms with Gasteiger partial charge in [0, 0.05) is 16.5 Å². The van der Waals surface area contributed by atoms with Gasteiger partial charge < -0.3 is 5.48 Å². The van der Waals surface area contributed by atoms with Gasteiger partial charge in [0.1, 0.15) is 0 Å². The molecule has 0 spiro atoms. The van der Waals surface area contributed by atoms with E-state index < -0.39 is 32.3 Å². The van der Waals surface area contributed by atoms with Crippen molar-refractivity contribution in [2.45, 2.75) is 32.3 Å². The molecule has 0 aliphatic heterocycles. The van der Waals surface area contributed by atoms with E-state index in [0.717, 1.165) is 0 Å². The first-order valence-electron chi connectivity index (χ1n) is 3.31. The summed E-state index contributed by atoms with van der Waals surface area (Å²) in [6, 6.07) is 0. The van der Waals surface area contributed by atoms with Crippen LogP contribution in [-0.4, -0.2) is 37.7 Å². The van der Waals surface area contributed by atoms with Crippen molar-refractivity contribution < 1.29 is 22.0 Å². The monoisotopic (exact) mass is 400 g/mol. The molecule has 0 atom stereocenters. The van der Waals surface area contributed by atoms with E-state index in [1.165, 1.54) is 0 Å². The number of alkyl halides is 6. The Morgan fingerprint density at radius 2 is 0.533 bits per heavy atom. The van der Waals surface area contributed by atoms with Crippen molar-refractivity contribution in [3.63, 3.8) is 0 Å². The third-order valence-corrected chi connectivity index (χ3v) is 5.86. The van der Waals surface area contributed by atoms with Gasteiger partial charge in [0.15, 0.2) is 0 Å². The normalized spacial score (nSPS) is 44.4. The molecule has 1 fully saturated rings. The van der Waals surface area contributed by atoms with E-state index in [4.69, 9.17) is 69.6 Å². The molecule has 1 nitrogen and oxygen atoms in total. The third-order valence-electron chi connectivity index (χ3n) is 1.83. The van der Waals surface area contributed by atoms with Crippen molar-refractivity contribution in [3.05, 3.63) is 0 Å². The van der Waals surface area contributed by atoms with Crippen LogP contribution in [0.1, 0.15) is 0 Å². The standard InChI is InChI=1S/C6H6Cl6.ClH.Ni.H2O/c7-1-2(8)4(10)6(12)5(11)3(1)9;;;/h1-6H;1H;;1H2/t1-,2-,3-,4+,5+,6+;;;. The van der Waals surface area contributed by atoms with E-state index in [-0.39, 0.29) is 34.4 Å². The zero-order chi connectivity index (χ0) is 9.46. The minimum atomic E-state index is -0.437.